The summed E-state index contributed by atoms with van der Waals surface area (Å²) < 4.78 is 20.3. The molecule has 8 nitrogen and oxygen atoms in total. The molecule has 1 N–H and O–H groups in total. The number of esters is 1. The van der Waals surface area contributed by atoms with E-state index in [1.54, 1.807) is 4.68 Å². The topological polar surface area (TPSA) is 87.5 Å². The van der Waals surface area contributed by atoms with Crippen LogP contribution in [0.25, 0.3) is 0 Å². The summed E-state index contributed by atoms with van der Waals surface area (Å²) in [5.74, 6) is 2.44. The molecule has 0 aliphatic carbocycles. The molecule has 0 saturated heterocycles. The first-order valence-electron chi connectivity index (χ1n) is 13.7. The first kappa shape index (κ1) is 31.3. The van der Waals surface area contributed by atoms with Crippen LogP contribution in [0, 0.1) is 5.92 Å². The molecule has 0 saturated carbocycles. The summed E-state index contributed by atoms with van der Waals surface area (Å²) in [7, 11) is 0. The number of carbonyl (C=O) groups is 1. The summed E-state index contributed by atoms with van der Waals surface area (Å²) in [5.41, 5.74) is 2.86. The number of aromatic nitrogens is 3. The highest BCUT2D eigenvalue weighted by Gasteiger charge is 2.36. The van der Waals surface area contributed by atoms with E-state index in [4.69, 9.17) is 35.9 Å². The number of allylic oxidation sites excluding steroid dienone is 1. The second-order valence-electron chi connectivity index (χ2n) is 10.4. The van der Waals surface area contributed by atoms with Crippen LogP contribution in [0.3, 0.4) is 0 Å². The van der Waals surface area contributed by atoms with Gasteiger partial charge in [-0.3, -0.25) is 0 Å². The van der Waals surface area contributed by atoms with Crippen molar-refractivity contribution >= 4 is 51.2 Å². The maximum atomic E-state index is 13.5. The zero-order valence-electron chi connectivity index (χ0n) is 24.2. The average molecular weight is 664 g/mol. The number of fused-ring (bicyclic) bond motifs is 1. The van der Waals surface area contributed by atoms with Crippen LogP contribution in [-0.2, 0) is 15.3 Å². The first-order chi connectivity index (χ1) is 19.6. The quantitative estimate of drug-likeness (QED) is 0.154. The van der Waals surface area contributed by atoms with E-state index in [1.165, 1.54) is 11.8 Å². The molecule has 0 bridgehead atoms. The van der Waals surface area contributed by atoms with Crippen molar-refractivity contribution in [2.24, 2.45) is 5.92 Å². The number of anilines is 1. The Bertz CT molecular complexity index is 1430. The highest BCUT2D eigenvalue weighted by molar-refractivity contribution is 9.10. The summed E-state index contributed by atoms with van der Waals surface area (Å²) in [6, 6.07) is 10.9. The Morgan fingerprint density at radius 2 is 1.95 bits per heavy atom. The lowest BCUT2D eigenvalue weighted by molar-refractivity contribution is -0.143. The van der Waals surface area contributed by atoms with Crippen molar-refractivity contribution in [1.29, 1.82) is 0 Å². The third-order valence-electron chi connectivity index (χ3n) is 6.30. The number of nitrogens with one attached hydrogen (secondary N) is 1. The fraction of sp³-hybridized carbons (Fsp3) is 0.433. The smallest absolute Gasteiger partial charge is 0.338 e. The van der Waals surface area contributed by atoms with E-state index < -0.39 is 12.0 Å². The molecule has 0 fully saturated rings. The van der Waals surface area contributed by atoms with E-state index in [0.29, 0.717) is 63.8 Å². The van der Waals surface area contributed by atoms with Gasteiger partial charge in [-0.05, 0) is 85.3 Å². The number of benzene rings is 2. The standard InChI is InChI=1S/C30H36BrClN4O4S/c1-7-38-24-15-21(14-22(31)27(24)39-13-12-17(2)3)26-25(28(37)40-18(4)5)19(6)33-29-34-30(35-36(26)29)41-16-20-10-8-9-11-23(20)32/h8-11,14-15,17-18,26H,7,12-13,16H2,1-6H3,(H,33,34,35). The summed E-state index contributed by atoms with van der Waals surface area (Å²) in [6.07, 6.45) is 0.628. The highest BCUT2D eigenvalue weighted by atomic mass is 79.9. The number of carbonyl (C=O) groups excluding carboxylic acids is 1. The van der Waals surface area contributed by atoms with Gasteiger partial charge in [0.2, 0.25) is 11.1 Å². The van der Waals surface area contributed by atoms with Gasteiger partial charge >= 0.3 is 5.97 Å². The van der Waals surface area contributed by atoms with E-state index in [9.17, 15) is 4.79 Å². The Kier molecular flexibility index (Phi) is 10.7. The van der Waals surface area contributed by atoms with Gasteiger partial charge in [0, 0.05) is 16.5 Å². The molecule has 3 aromatic rings. The van der Waals surface area contributed by atoms with Crippen LogP contribution in [0.5, 0.6) is 11.5 Å². The third kappa shape index (κ3) is 7.59. The van der Waals surface area contributed by atoms with Gasteiger partial charge in [-0.2, -0.15) is 4.98 Å². The van der Waals surface area contributed by atoms with Gasteiger partial charge < -0.3 is 19.5 Å². The van der Waals surface area contributed by atoms with Gasteiger partial charge in [0.15, 0.2) is 11.5 Å². The number of rotatable bonds is 12. The minimum atomic E-state index is -0.611. The van der Waals surface area contributed by atoms with Crippen LogP contribution in [0.1, 0.15) is 65.1 Å². The monoisotopic (exact) mass is 662 g/mol. The predicted octanol–water partition coefficient (Wildman–Crippen LogP) is 8.05. The molecule has 1 aliphatic heterocycles. The summed E-state index contributed by atoms with van der Waals surface area (Å²) in [5, 5.41) is 9.34. The molecule has 1 atom stereocenters. The van der Waals surface area contributed by atoms with Crippen molar-refractivity contribution < 1.29 is 19.0 Å². The molecule has 1 unspecified atom stereocenters. The molecule has 4 rings (SSSR count). The maximum absolute atomic E-state index is 13.5. The molecule has 0 spiro atoms. The second kappa shape index (κ2) is 14.0. The van der Waals surface area contributed by atoms with Gasteiger partial charge in [-0.25, -0.2) is 9.48 Å². The lowest BCUT2D eigenvalue weighted by Gasteiger charge is -2.29. The van der Waals surface area contributed by atoms with Gasteiger partial charge in [-0.1, -0.05) is 55.4 Å². The molecule has 0 amide bonds. The fourth-order valence-corrected chi connectivity index (χ4v) is 6.03. The normalized spacial score (nSPS) is 14.7. The van der Waals surface area contributed by atoms with Crippen molar-refractivity contribution in [3.63, 3.8) is 0 Å². The van der Waals surface area contributed by atoms with Gasteiger partial charge in [0.25, 0.3) is 0 Å². The van der Waals surface area contributed by atoms with E-state index in [2.05, 4.69) is 35.1 Å². The van der Waals surface area contributed by atoms with E-state index in [1.807, 2.05) is 64.1 Å². The van der Waals surface area contributed by atoms with Gasteiger partial charge in [0.1, 0.15) is 6.04 Å². The van der Waals surface area contributed by atoms with Gasteiger partial charge in [0.05, 0.1) is 29.4 Å². The molecular formula is C30H36BrClN4O4S. The van der Waals surface area contributed by atoms with Crippen LogP contribution >= 0.6 is 39.3 Å². The summed E-state index contributed by atoms with van der Waals surface area (Å²) in [4.78, 5) is 18.2. The fourth-order valence-electron chi connectivity index (χ4n) is 4.35. The van der Waals surface area contributed by atoms with E-state index in [0.717, 1.165) is 22.0 Å². The maximum Gasteiger partial charge on any atom is 0.338 e. The Morgan fingerprint density at radius 3 is 2.63 bits per heavy atom. The molecule has 41 heavy (non-hydrogen) atoms. The predicted molar refractivity (Wildman–Crippen MR) is 167 cm³/mol. The molecule has 11 heteroatoms. The Hall–Kier alpha value is -2.69. The van der Waals surface area contributed by atoms with E-state index >= 15 is 0 Å². The minimum absolute atomic E-state index is 0.287. The second-order valence-corrected chi connectivity index (χ2v) is 12.6. The summed E-state index contributed by atoms with van der Waals surface area (Å²) >= 11 is 11.5. The largest absolute Gasteiger partial charge is 0.490 e. The van der Waals surface area contributed by atoms with Crippen LogP contribution in [0.2, 0.25) is 5.02 Å². The molecule has 220 valence electrons. The van der Waals surface area contributed by atoms with Crippen molar-refractivity contribution in [1.82, 2.24) is 14.8 Å². The van der Waals surface area contributed by atoms with Crippen molar-refractivity contribution in [2.75, 3.05) is 18.5 Å². The first-order valence-corrected chi connectivity index (χ1v) is 15.8. The molecule has 2 heterocycles. The molecular weight excluding hydrogens is 628 g/mol. The van der Waals surface area contributed by atoms with Crippen LogP contribution in [-0.4, -0.2) is 40.1 Å². The lowest BCUT2D eigenvalue weighted by atomic mass is 9.95. The Morgan fingerprint density at radius 1 is 1.20 bits per heavy atom. The Labute approximate surface area is 259 Å². The third-order valence-corrected chi connectivity index (χ3v) is 8.14. The number of ether oxygens (including phenoxy) is 3. The number of hydrogen-bond donors (Lipinski definition) is 1. The van der Waals surface area contributed by atoms with Crippen LogP contribution in [0.15, 0.2) is 57.3 Å². The molecule has 0 radical (unpaired) electrons. The summed E-state index contributed by atoms with van der Waals surface area (Å²) in [6.45, 7) is 12.8. The van der Waals surface area contributed by atoms with E-state index in [-0.39, 0.29) is 6.10 Å². The number of thioether (sulfide) groups is 1. The zero-order chi connectivity index (χ0) is 29.7. The Balaban J connectivity index is 1.76. The number of hydrogen-bond acceptors (Lipinski definition) is 8. The average Bonchev–Trinajstić information content (AvgIpc) is 3.30. The zero-order valence-corrected chi connectivity index (χ0v) is 27.3. The molecule has 2 aromatic carbocycles. The van der Waals surface area contributed by atoms with Crippen LogP contribution in [0.4, 0.5) is 5.95 Å². The SMILES string of the molecule is CCOc1cc(C2C(C(=O)OC(C)C)=C(C)Nc3nc(SCc4ccccc4Cl)nn32)cc(Br)c1OCCC(C)C. The van der Waals surface area contributed by atoms with Crippen molar-refractivity contribution in [2.45, 2.75) is 71.0 Å². The number of nitrogens with zero attached hydrogens (tertiary/aromatic N) is 3. The minimum Gasteiger partial charge on any atom is -0.490 e. The van der Waals surface area contributed by atoms with Crippen molar-refractivity contribution in [3.05, 3.63) is 68.3 Å². The molecule has 1 aliphatic rings. The number of halogens is 2. The van der Waals surface area contributed by atoms with Crippen molar-refractivity contribution in [3.8, 4) is 11.5 Å². The van der Waals surface area contributed by atoms with Gasteiger partial charge in [-0.15, -0.1) is 5.10 Å². The molecule has 1 aromatic heterocycles. The highest BCUT2D eigenvalue weighted by Crippen LogP contribution is 2.43. The van der Waals surface area contributed by atoms with Crippen LogP contribution < -0.4 is 14.8 Å². The lowest BCUT2D eigenvalue weighted by Crippen LogP contribution is -2.30.